The molecule has 206 valence electrons. The van der Waals surface area contributed by atoms with E-state index < -0.39 is 0 Å². The molecule has 2 N–H and O–H groups in total. The Morgan fingerprint density at radius 1 is 1.15 bits per heavy atom. The highest BCUT2D eigenvalue weighted by molar-refractivity contribution is 6.35. The average molecular weight is 555 g/mol. The van der Waals surface area contributed by atoms with Crippen molar-refractivity contribution < 1.29 is 23.7 Å². The van der Waals surface area contributed by atoms with Crippen LogP contribution in [0.25, 0.3) is 22.2 Å². The Balaban J connectivity index is 1.57. The molecule has 2 atom stereocenters. The summed E-state index contributed by atoms with van der Waals surface area (Å²) in [5, 5.41) is 7.42. The highest BCUT2D eigenvalue weighted by atomic mass is 35.5. The molecule has 11 nitrogen and oxygen atoms in total. The topological polar surface area (TPSA) is 120 Å². The zero-order chi connectivity index (χ0) is 27.7. The molecule has 1 amide bonds. The number of hydrogen-bond acceptors (Lipinski definition) is 10. The fraction of sp³-hybridized carbons (Fsp3) is 0.407. The van der Waals surface area contributed by atoms with Gasteiger partial charge in [-0.2, -0.15) is 0 Å². The molecule has 2 aliphatic heterocycles. The SMILES string of the molecule is C=CC(=O)N[C@H]1COC[C@H]1Nc1ncc2cc(-c3c(C)c(OC)cc(OC)c3Cl)nc(N3CC(OC)C3)c2n1. The molecule has 2 fully saturated rings. The molecule has 2 aromatic heterocycles. The number of carbonyl (C=O) groups excluding carboxylic acids is 1. The van der Waals surface area contributed by atoms with Crippen molar-refractivity contribution in [2.75, 3.05) is 57.8 Å². The van der Waals surface area contributed by atoms with Crippen LogP contribution in [-0.2, 0) is 14.3 Å². The Bertz CT molecular complexity index is 1390. The Labute approximate surface area is 231 Å². The van der Waals surface area contributed by atoms with Gasteiger partial charge in [0, 0.05) is 49.0 Å². The van der Waals surface area contributed by atoms with Crippen LogP contribution < -0.4 is 25.0 Å². The molecule has 0 saturated carbocycles. The molecule has 0 radical (unpaired) electrons. The second-order valence-electron chi connectivity index (χ2n) is 9.43. The molecule has 5 rings (SSSR count). The molecule has 1 aromatic carbocycles. The molecule has 4 heterocycles. The third-order valence-corrected chi connectivity index (χ3v) is 7.45. The minimum atomic E-state index is -0.260. The van der Waals surface area contributed by atoms with Crippen LogP contribution in [0.5, 0.6) is 11.5 Å². The van der Waals surface area contributed by atoms with Crippen LogP contribution in [0.15, 0.2) is 31.0 Å². The maximum atomic E-state index is 11.8. The van der Waals surface area contributed by atoms with Gasteiger partial charge in [-0.3, -0.25) is 4.79 Å². The minimum absolute atomic E-state index is 0.108. The maximum Gasteiger partial charge on any atom is 0.243 e. The largest absolute Gasteiger partial charge is 0.496 e. The molecule has 0 bridgehead atoms. The highest BCUT2D eigenvalue weighted by Gasteiger charge is 2.32. The first kappa shape index (κ1) is 26.9. The van der Waals surface area contributed by atoms with Gasteiger partial charge >= 0.3 is 0 Å². The van der Waals surface area contributed by atoms with E-state index in [1.807, 2.05) is 13.0 Å². The van der Waals surface area contributed by atoms with E-state index in [1.165, 1.54) is 6.08 Å². The Kier molecular flexibility index (Phi) is 7.74. The predicted molar refractivity (Wildman–Crippen MR) is 149 cm³/mol. The fourth-order valence-electron chi connectivity index (χ4n) is 4.81. The normalized spacial score (nSPS) is 19.1. The standard InChI is InChI=1S/C27H31ClN6O5/c1-6-22(35)30-18-12-39-13-19(18)32-27-29-9-15-7-17(23-14(2)20(37-4)8-21(38-5)24(23)28)31-26(25(15)33-27)34-10-16(11-34)36-3/h6-9,16,18-19H,1,10-13H2,2-5H3,(H,30,35)(H,29,32,33)/t18-,19+/m0/s1. The Morgan fingerprint density at radius 2 is 1.90 bits per heavy atom. The lowest BCUT2D eigenvalue weighted by Gasteiger charge is -2.39. The van der Waals surface area contributed by atoms with E-state index in [4.69, 9.17) is 40.5 Å². The van der Waals surface area contributed by atoms with Crippen molar-refractivity contribution in [1.82, 2.24) is 20.3 Å². The quantitative estimate of drug-likeness (QED) is 0.382. The number of aromatic nitrogens is 3. The van der Waals surface area contributed by atoms with Crippen LogP contribution in [0.4, 0.5) is 11.8 Å². The molecule has 12 heteroatoms. The van der Waals surface area contributed by atoms with Crippen molar-refractivity contribution >= 4 is 40.2 Å². The molecule has 0 aliphatic carbocycles. The number of pyridine rings is 1. The van der Waals surface area contributed by atoms with E-state index >= 15 is 0 Å². The van der Waals surface area contributed by atoms with Crippen LogP contribution in [0.3, 0.4) is 0 Å². The minimum Gasteiger partial charge on any atom is -0.496 e. The second kappa shape index (κ2) is 11.2. The fourth-order valence-corrected chi connectivity index (χ4v) is 5.18. The lowest BCUT2D eigenvalue weighted by Crippen LogP contribution is -2.52. The van der Waals surface area contributed by atoms with Crippen LogP contribution in [0, 0.1) is 6.92 Å². The van der Waals surface area contributed by atoms with Crippen LogP contribution in [-0.4, -0.2) is 86.7 Å². The average Bonchev–Trinajstić information content (AvgIpc) is 3.34. The predicted octanol–water partition coefficient (Wildman–Crippen LogP) is 2.99. The molecule has 39 heavy (non-hydrogen) atoms. The highest BCUT2D eigenvalue weighted by Crippen LogP contribution is 2.43. The second-order valence-corrected chi connectivity index (χ2v) is 9.81. The van der Waals surface area contributed by atoms with Crippen LogP contribution >= 0.6 is 11.6 Å². The van der Waals surface area contributed by atoms with Crippen molar-refractivity contribution in [2.24, 2.45) is 0 Å². The number of halogens is 1. The first-order valence-electron chi connectivity index (χ1n) is 12.5. The Hall–Kier alpha value is -3.67. The van der Waals surface area contributed by atoms with Crippen molar-refractivity contribution in [2.45, 2.75) is 25.1 Å². The molecule has 0 unspecified atom stereocenters. The van der Waals surface area contributed by atoms with Crippen molar-refractivity contribution in [3.8, 4) is 22.8 Å². The van der Waals surface area contributed by atoms with E-state index in [0.717, 1.165) is 10.9 Å². The van der Waals surface area contributed by atoms with E-state index in [1.54, 1.807) is 33.6 Å². The first-order valence-corrected chi connectivity index (χ1v) is 12.9. The summed E-state index contributed by atoms with van der Waals surface area (Å²) in [6, 6.07) is 3.24. The number of hydrogen-bond donors (Lipinski definition) is 2. The first-order chi connectivity index (χ1) is 18.9. The summed E-state index contributed by atoms with van der Waals surface area (Å²) in [6.07, 6.45) is 3.10. The number of carbonyl (C=O) groups is 1. The lowest BCUT2D eigenvalue weighted by molar-refractivity contribution is -0.117. The van der Waals surface area contributed by atoms with Gasteiger partial charge in [-0.25, -0.2) is 15.0 Å². The van der Waals surface area contributed by atoms with Gasteiger partial charge in [-0.1, -0.05) is 18.2 Å². The summed E-state index contributed by atoms with van der Waals surface area (Å²) in [6.45, 7) is 7.60. The number of nitrogens with zero attached hydrogens (tertiary/aromatic N) is 4. The number of ether oxygens (including phenoxy) is 4. The number of fused-ring (bicyclic) bond motifs is 1. The zero-order valence-electron chi connectivity index (χ0n) is 22.3. The Morgan fingerprint density at radius 3 is 2.59 bits per heavy atom. The van der Waals surface area contributed by atoms with Gasteiger partial charge in [0.05, 0.1) is 56.3 Å². The van der Waals surface area contributed by atoms with Gasteiger partial charge in [-0.05, 0) is 19.1 Å². The third-order valence-electron chi connectivity index (χ3n) is 7.07. The zero-order valence-corrected chi connectivity index (χ0v) is 23.0. The monoisotopic (exact) mass is 554 g/mol. The van der Waals surface area contributed by atoms with Gasteiger partial charge < -0.3 is 34.5 Å². The van der Waals surface area contributed by atoms with Crippen LogP contribution in [0.1, 0.15) is 5.56 Å². The van der Waals surface area contributed by atoms with Gasteiger partial charge in [0.15, 0.2) is 5.82 Å². The maximum absolute atomic E-state index is 11.8. The van der Waals surface area contributed by atoms with Crippen LogP contribution in [0.2, 0.25) is 5.02 Å². The summed E-state index contributed by atoms with van der Waals surface area (Å²) < 4.78 is 22.2. The van der Waals surface area contributed by atoms with E-state index in [2.05, 4.69) is 27.1 Å². The van der Waals surface area contributed by atoms with Gasteiger partial charge in [-0.15, -0.1) is 0 Å². The molecule has 0 spiro atoms. The molecular weight excluding hydrogens is 524 g/mol. The summed E-state index contributed by atoms with van der Waals surface area (Å²) in [5.74, 6) is 1.98. The third kappa shape index (κ3) is 5.17. The van der Waals surface area contributed by atoms with E-state index in [9.17, 15) is 4.79 Å². The van der Waals surface area contributed by atoms with Crippen molar-refractivity contribution in [1.29, 1.82) is 0 Å². The summed E-state index contributed by atoms with van der Waals surface area (Å²) in [5.41, 5.74) is 2.89. The summed E-state index contributed by atoms with van der Waals surface area (Å²) in [7, 11) is 4.87. The van der Waals surface area contributed by atoms with Gasteiger partial charge in [0.25, 0.3) is 0 Å². The molecular formula is C27H31ClN6O5. The van der Waals surface area contributed by atoms with E-state index in [0.29, 0.717) is 71.4 Å². The number of amides is 1. The van der Waals surface area contributed by atoms with Gasteiger partial charge in [0.2, 0.25) is 11.9 Å². The number of anilines is 2. The number of rotatable bonds is 9. The number of methoxy groups -OCH3 is 3. The summed E-state index contributed by atoms with van der Waals surface area (Å²) in [4.78, 5) is 28.4. The smallest absolute Gasteiger partial charge is 0.243 e. The number of nitrogens with one attached hydrogen (secondary N) is 2. The molecule has 3 aromatic rings. The molecule has 2 saturated heterocycles. The summed E-state index contributed by atoms with van der Waals surface area (Å²) >= 11 is 6.79. The lowest BCUT2D eigenvalue weighted by atomic mass is 10.0. The van der Waals surface area contributed by atoms with Crippen molar-refractivity contribution in [3.63, 3.8) is 0 Å². The molecule has 2 aliphatic rings. The van der Waals surface area contributed by atoms with E-state index in [-0.39, 0.29) is 24.1 Å². The number of benzene rings is 1. The van der Waals surface area contributed by atoms with Gasteiger partial charge in [0.1, 0.15) is 17.0 Å². The van der Waals surface area contributed by atoms with Crippen molar-refractivity contribution in [3.05, 3.63) is 41.6 Å².